The van der Waals surface area contributed by atoms with Crippen molar-refractivity contribution in [3.8, 4) is 11.5 Å². The van der Waals surface area contributed by atoms with Gasteiger partial charge in [-0.25, -0.2) is 8.42 Å². The maximum atomic E-state index is 14.2. The van der Waals surface area contributed by atoms with Gasteiger partial charge < -0.3 is 24.9 Å². The predicted molar refractivity (Wildman–Crippen MR) is 149 cm³/mol. The van der Waals surface area contributed by atoms with Crippen LogP contribution in [0.3, 0.4) is 0 Å². The lowest BCUT2D eigenvalue weighted by Crippen LogP contribution is -2.22. The minimum atomic E-state index is -3.57. The van der Waals surface area contributed by atoms with Crippen LogP contribution in [-0.2, 0) is 9.84 Å². The first kappa shape index (κ1) is 27.5. The van der Waals surface area contributed by atoms with Gasteiger partial charge in [-0.3, -0.25) is 4.79 Å². The van der Waals surface area contributed by atoms with Gasteiger partial charge in [-0.15, -0.1) is 0 Å². The number of Topliss-reactive ketones (excluding diaryl/α,β-unsaturated/α-hetero) is 1. The third kappa shape index (κ3) is 5.80. The van der Waals surface area contributed by atoms with Crippen molar-refractivity contribution in [1.82, 2.24) is 4.98 Å². The number of nitrogens with one attached hydrogen (secondary N) is 2. The van der Waals surface area contributed by atoms with Gasteiger partial charge in [0.1, 0.15) is 24.1 Å². The first-order valence-electron chi connectivity index (χ1n) is 11.8. The molecule has 3 N–H and O–H groups in total. The maximum Gasteiger partial charge on any atom is 0.191 e. The van der Waals surface area contributed by atoms with Crippen molar-refractivity contribution < 1.29 is 27.8 Å². The second kappa shape index (κ2) is 11.1. The lowest BCUT2D eigenvalue weighted by Gasteiger charge is -2.23. The first-order valence-corrected chi connectivity index (χ1v) is 14.1. The van der Waals surface area contributed by atoms with Gasteiger partial charge >= 0.3 is 0 Å². The summed E-state index contributed by atoms with van der Waals surface area (Å²) in [5.74, 6) is 0.352. The second-order valence-corrected chi connectivity index (χ2v) is 11.5. The molecule has 0 radical (unpaired) electrons. The third-order valence-electron chi connectivity index (χ3n) is 6.15. The van der Waals surface area contributed by atoms with Crippen LogP contribution in [0.1, 0.15) is 33.1 Å². The SMILES string of the molecule is COc1cc(NC(C(=O)c2c[nH]c3c(C)cc(C)cc23)c2ccc(Cl)cc2OCCO)cc(S(C)(=O)=O)c1. The number of rotatable bonds is 10. The average Bonchev–Trinajstić information content (AvgIpc) is 3.29. The smallest absolute Gasteiger partial charge is 0.191 e. The number of halogens is 1. The van der Waals surface area contributed by atoms with E-state index in [1.807, 2.05) is 26.0 Å². The molecule has 10 heteroatoms. The summed E-state index contributed by atoms with van der Waals surface area (Å²) in [4.78, 5) is 17.5. The number of hydrogen-bond donors (Lipinski definition) is 3. The normalized spacial score (nSPS) is 12.4. The zero-order valence-corrected chi connectivity index (χ0v) is 23.0. The molecule has 1 unspecified atom stereocenters. The van der Waals surface area contributed by atoms with Gasteiger partial charge in [0.15, 0.2) is 15.6 Å². The number of fused-ring (bicyclic) bond motifs is 1. The number of aromatic amines is 1. The maximum absolute atomic E-state index is 14.2. The molecule has 1 atom stereocenters. The number of aromatic nitrogens is 1. The van der Waals surface area contributed by atoms with Crippen LogP contribution >= 0.6 is 11.6 Å². The Morgan fingerprint density at radius 2 is 1.89 bits per heavy atom. The number of hydrogen-bond acceptors (Lipinski definition) is 7. The molecule has 8 nitrogen and oxygen atoms in total. The summed E-state index contributed by atoms with van der Waals surface area (Å²) in [7, 11) is -2.13. The lowest BCUT2D eigenvalue weighted by atomic mass is 9.94. The number of ketones is 1. The number of aliphatic hydroxyl groups is 1. The van der Waals surface area contributed by atoms with Crippen LogP contribution < -0.4 is 14.8 Å². The fraction of sp³-hybridized carbons (Fsp3) is 0.250. The van der Waals surface area contributed by atoms with Gasteiger partial charge in [-0.05, 0) is 49.7 Å². The molecule has 0 aliphatic rings. The summed E-state index contributed by atoms with van der Waals surface area (Å²) in [6.07, 6.45) is 2.77. The summed E-state index contributed by atoms with van der Waals surface area (Å²) < 4.78 is 35.7. The molecular formula is C28H29ClN2O6S. The van der Waals surface area contributed by atoms with Crippen molar-refractivity contribution in [2.75, 3.05) is 31.9 Å². The molecule has 0 spiro atoms. The van der Waals surface area contributed by atoms with Crippen LogP contribution in [0, 0.1) is 13.8 Å². The van der Waals surface area contributed by atoms with E-state index in [1.54, 1.807) is 30.5 Å². The first-order chi connectivity index (χ1) is 18.0. The second-order valence-electron chi connectivity index (χ2n) is 9.07. The van der Waals surface area contributed by atoms with Crippen molar-refractivity contribution in [3.63, 3.8) is 0 Å². The van der Waals surface area contributed by atoms with Crippen molar-refractivity contribution in [3.05, 3.63) is 82.0 Å². The number of aliphatic hydroxyl groups excluding tert-OH is 1. The zero-order chi connectivity index (χ0) is 27.6. The molecule has 0 amide bonds. The Hall–Kier alpha value is -3.53. The summed E-state index contributed by atoms with van der Waals surface area (Å²) >= 11 is 6.23. The van der Waals surface area contributed by atoms with E-state index < -0.39 is 15.9 Å². The standard InChI is InChI=1S/C28H29ClN2O6S/c1-16-9-17(2)26-23(10-16)24(15-30-26)28(33)27(22-6-5-18(29)11-25(22)37-8-7-32)31-19-12-20(36-3)14-21(13-19)38(4,34)35/h5-6,9-15,27,30-32H,7-8H2,1-4H3. The largest absolute Gasteiger partial charge is 0.497 e. The highest BCUT2D eigenvalue weighted by Crippen LogP contribution is 2.36. The minimum Gasteiger partial charge on any atom is -0.497 e. The van der Waals surface area contributed by atoms with Gasteiger partial charge in [0.25, 0.3) is 0 Å². The number of aryl methyl sites for hydroxylation is 2. The molecule has 0 saturated carbocycles. The van der Waals surface area contributed by atoms with Crippen molar-refractivity contribution in [1.29, 1.82) is 0 Å². The quantitative estimate of drug-likeness (QED) is 0.228. The fourth-order valence-corrected chi connectivity index (χ4v) is 5.25. The van der Waals surface area contributed by atoms with E-state index in [0.717, 1.165) is 28.3 Å². The lowest BCUT2D eigenvalue weighted by molar-refractivity contribution is 0.0969. The van der Waals surface area contributed by atoms with Gasteiger partial charge in [-0.1, -0.05) is 29.3 Å². The Morgan fingerprint density at radius 1 is 1.13 bits per heavy atom. The Morgan fingerprint density at radius 3 is 2.58 bits per heavy atom. The van der Waals surface area contributed by atoms with Crippen molar-refractivity contribution in [2.45, 2.75) is 24.8 Å². The van der Waals surface area contributed by atoms with Crippen LogP contribution in [0.15, 0.2) is 59.6 Å². The number of carbonyl (C=O) groups excluding carboxylic acids is 1. The van der Waals surface area contributed by atoms with E-state index in [0.29, 0.717) is 33.3 Å². The Bertz CT molecular complexity index is 1610. The molecule has 4 aromatic rings. The molecule has 0 bridgehead atoms. The van der Waals surface area contributed by atoms with Crippen molar-refractivity contribution >= 4 is 43.8 Å². The fourth-order valence-electron chi connectivity index (χ4n) is 4.42. The van der Waals surface area contributed by atoms with Crippen LogP contribution in [0.5, 0.6) is 11.5 Å². The number of benzene rings is 3. The minimum absolute atomic E-state index is 0.00286. The number of anilines is 1. The Balaban J connectivity index is 1.90. The molecule has 3 aromatic carbocycles. The van der Waals surface area contributed by atoms with Crippen LogP contribution in [0.25, 0.3) is 10.9 Å². The molecule has 0 fully saturated rings. The number of carbonyl (C=O) groups is 1. The summed E-state index contributed by atoms with van der Waals surface area (Å²) in [6, 6.07) is 12.4. The van der Waals surface area contributed by atoms with E-state index >= 15 is 0 Å². The molecule has 4 rings (SSSR count). The summed E-state index contributed by atoms with van der Waals surface area (Å²) in [6.45, 7) is 3.70. The number of ether oxygens (including phenoxy) is 2. The highest BCUT2D eigenvalue weighted by Gasteiger charge is 2.28. The third-order valence-corrected chi connectivity index (χ3v) is 7.48. The number of methoxy groups -OCH3 is 1. The van der Waals surface area contributed by atoms with Gasteiger partial charge in [-0.2, -0.15) is 0 Å². The summed E-state index contributed by atoms with van der Waals surface area (Å²) in [5, 5.41) is 13.7. The van der Waals surface area contributed by atoms with E-state index in [9.17, 15) is 18.3 Å². The molecule has 1 aromatic heterocycles. The van der Waals surface area contributed by atoms with E-state index in [-0.39, 0.29) is 23.9 Å². The molecule has 0 aliphatic heterocycles. The number of H-pyrrole nitrogens is 1. The van der Waals surface area contributed by atoms with E-state index in [1.165, 1.54) is 19.2 Å². The highest BCUT2D eigenvalue weighted by atomic mass is 35.5. The highest BCUT2D eigenvalue weighted by molar-refractivity contribution is 7.90. The van der Waals surface area contributed by atoms with Gasteiger partial charge in [0.05, 0.1) is 18.6 Å². The zero-order valence-electron chi connectivity index (χ0n) is 21.5. The molecular weight excluding hydrogens is 528 g/mol. The van der Waals surface area contributed by atoms with E-state index in [4.69, 9.17) is 21.1 Å². The molecule has 200 valence electrons. The summed E-state index contributed by atoms with van der Waals surface area (Å²) in [5.41, 5.74) is 4.16. The molecule has 1 heterocycles. The van der Waals surface area contributed by atoms with Crippen LogP contribution in [0.2, 0.25) is 5.02 Å². The average molecular weight is 557 g/mol. The molecule has 38 heavy (non-hydrogen) atoms. The molecule has 0 saturated heterocycles. The Kier molecular flexibility index (Phi) is 8.01. The van der Waals surface area contributed by atoms with E-state index in [2.05, 4.69) is 10.3 Å². The molecule has 0 aliphatic carbocycles. The van der Waals surface area contributed by atoms with Crippen LogP contribution in [-0.4, -0.2) is 50.9 Å². The van der Waals surface area contributed by atoms with Crippen LogP contribution in [0.4, 0.5) is 5.69 Å². The Labute approximate surface area is 226 Å². The topological polar surface area (TPSA) is 118 Å². The number of sulfone groups is 1. The van der Waals surface area contributed by atoms with Crippen molar-refractivity contribution in [2.24, 2.45) is 0 Å². The monoisotopic (exact) mass is 556 g/mol. The predicted octanol–water partition coefficient (Wildman–Crippen LogP) is 5.26. The van der Waals surface area contributed by atoms with Gasteiger partial charge in [0, 0.05) is 51.3 Å². The van der Waals surface area contributed by atoms with Gasteiger partial charge in [0.2, 0.25) is 0 Å².